The van der Waals surface area contributed by atoms with Crippen molar-refractivity contribution in [2.45, 2.75) is 71.9 Å². The quantitative estimate of drug-likeness (QED) is 0.141. The van der Waals surface area contributed by atoms with Gasteiger partial charge >= 0.3 is 12.1 Å². The number of allylic oxidation sites excluding steroid dienone is 1. The summed E-state index contributed by atoms with van der Waals surface area (Å²) < 4.78 is 23.5. The number of carbonyl (C=O) groups excluding carboxylic acids is 2. The van der Waals surface area contributed by atoms with Crippen molar-refractivity contribution in [2.24, 2.45) is 5.92 Å². The minimum atomic E-state index is -0.627. The van der Waals surface area contributed by atoms with Gasteiger partial charge in [-0.3, -0.25) is 0 Å². The third-order valence-electron chi connectivity index (χ3n) is 6.57. The minimum absolute atomic E-state index is 0.110. The van der Waals surface area contributed by atoms with Gasteiger partial charge in [0.05, 0.1) is 19.8 Å². The van der Waals surface area contributed by atoms with Gasteiger partial charge in [0.1, 0.15) is 28.4 Å². The van der Waals surface area contributed by atoms with Crippen LogP contribution in [0.4, 0.5) is 4.79 Å². The molecule has 3 rings (SSSR count). The molecule has 0 spiro atoms. The molecule has 1 amide bonds. The molecule has 7 heteroatoms. The summed E-state index contributed by atoms with van der Waals surface area (Å²) in [6, 6.07) is 10.4. The van der Waals surface area contributed by atoms with E-state index in [0.717, 1.165) is 31.2 Å². The van der Waals surface area contributed by atoms with E-state index in [4.69, 9.17) is 18.9 Å². The monoisotopic (exact) mass is 523 g/mol. The largest absolute Gasteiger partial charge is 0.496 e. The van der Waals surface area contributed by atoms with E-state index in [1.807, 2.05) is 58.0 Å². The summed E-state index contributed by atoms with van der Waals surface area (Å²) in [4.78, 5) is 28.5. The summed E-state index contributed by atoms with van der Waals surface area (Å²) in [5.41, 5.74) is 1.07. The van der Waals surface area contributed by atoms with Gasteiger partial charge in [-0.15, -0.1) is 6.58 Å². The van der Waals surface area contributed by atoms with Crippen molar-refractivity contribution in [1.29, 1.82) is 0 Å². The van der Waals surface area contributed by atoms with Crippen LogP contribution in [0.15, 0.2) is 49.1 Å². The Hall–Kier alpha value is -3.48. The SMILES string of the molecule is C=CCC1CCN(C(=O)OC(C)(C)C)C1c1cc(OCCCC)c(C(=O)Oc2ccccc2)c(C)c1OC. The number of unbranched alkanes of at least 4 members (excludes halogenated alkanes) is 1. The number of rotatable bonds is 10. The first-order valence-electron chi connectivity index (χ1n) is 13.3. The highest BCUT2D eigenvalue weighted by atomic mass is 16.6. The van der Waals surface area contributed by atoms with Gasteiger partial charge in [0.2, 0.25) is 0 Å². The van der Waals surface area contributed by atoms with Crippen LogP contribution in [-0.4, -0.2) is 42.8 Å². The molecule has 2 aromatic carbocycles. The maximum absolute atomic E-state index is 13.4. The van der Waals surface area contributed by atoms with Crippen molar-refractivity contribution >= 4 is 12.1 Å². The fraction of sp³-hybridized carbons (Fsp3) is 0.484. The number of amides is 1. The molecule has 38 heavy (non-hydrogen) atoms. The summed E-state index contributed by atoms with van der Waals surface area (Å²) in [6.45, 7) is 14.4. The summed E-state index contributed by atoms with van der Waals surface area (Å²) >= 11 is 0. The molecule has 0 saturated carbocycles. The van der Waals surface area contributed by atoms with E-state index in [9.17, 15) is 9.59 Å². The average Bonchev–Trinajstić information content (AvgIpc) is 3.27. The third kappa shape index (κ3) is 6.88. The van der Waals surface area contributed by atoms with Crippen molar-refractivity contribution in [3.63, 3.8) is 0 Å². The molecule has 206 valence electrons. The third-order valence-corrected chi connectivity index (χ3v) is 6.57. The Kier molecular flexibility index (Phi) is 9.84. The highest BCUT2D eigenvalue weighted by molar-refractivity contribution is 5.96. The van der Waals surface area contributed by atoms with Gasteiger partial charge in [-0.25, -0.2) is 9.59 Å². The lowest BCUT2D eigenvalue weighted by Crippen LogP contribution is -2.37. The summed E-state index contributed by atoms with van der Waals surface area (Å²) in [6.07, 6.45) is 4.79. The highest BCUT2D eigenvalue weighted by Gasteiger charge is 2.42. The number of esters is 1. The zero-order valence-corrected chi connectivity index (χ0v) is 23.5. The molecule has 7 nitrogen and oxygen atoms in total. The smallest absolute Gasteiger partial charge is 0.410 e. The second kappa shape index (κ2) is 12.9. The molecular formula is C31H41NO6. The van der Waals surface area contributed by atoms with E-state index < -0.39 is 11.6 Å². The maximum atomic E-state index is 13.4. The second-order valence-electron chi connectivity index (χ2n) is 10.6. The average molecular weight is 524 g/mol. The lowest BCUT2D eigenvalue weighted by Gasteiger charge is -2.32. The van der Waals surface area contributed by atoms with Gasteiger partial charge in [0, 0.05) is 17.7 Å². The van der Waals surface area contributed by atoms with Crippen molar-refractivity contribution in [1.82, 2.24) is 4.90 Å². The first-order valence-corrected chi connectivity index (χ1v) is 13.3. The molecule has 1 saturated heterocycles. The zero-order valence-electron chi connectivity index (χ0n) is 23.5. The van der Waals surface area contributed by atoms with Crippen LogP contribution < -0.4 is 14.2 Å². The molecule has 2 aromatic rings. The number of methoxy groups -OCH3 is 1. The van der Waals surface area contributed by atoms with Crippen molar-refractivity contribution in [2.75, 3.05) is 20.3 Å². The van der Waals surface area contributed by atoms with Crippen molar-refractivity contribution < 1.29 is 28.5 Å². The van der Waals surface area contributed by atoms with Crippen LogP contribution in [0.5, 0.6) is 17.2 Å². The topological polar surface area (TPSA) is 74.3 Å². The molecule has 2 atom stereocenters. The predicted molar refractivity (Wildman–Crippen MR) is 148 cm³/mol. The number of nitrogens with zero attached hydrogens (tertiary/aromatic N) is 1. The van der Waals surface area contributed by atoms with Crippen LogP contribution in [0, 0.1) is 12.8 Å². The Morgan fingerprint density at radius 2 is 1.89 bits per heavy atom. The maximum Gasteiger partial charge on any atom is 0.410 e. The summed E-state index contributed by atoms with van der Waals surface area (Å²) in [5.74, 6) is 0.975. The second-order valence-corrected chi connectivity index (χ2v) is 10.6. The van der Waals surface area contributed by atoms with E-state index in [0.29, 0.717) is 41.5 Å². The molecule has 0 bridgehead atoms. The summed E-state index contributed by atoms with van der Waals surface area (Å²) in [7, 11) is 1.57. The molecule has 2 unspecified atom stereocenters. The van der Waals surface area contributed by atoms with Gasteiger partial charge < -0.3 is 23.8 Å². The standard InChI is InChI=1S/C31H41NO6/c1-8-10-19-36-25-20-24(27-22(14-9-2)17-18-32(27)30(34)38-31(4,5)6)28(35-7)21(3)26(25)29(33)37-23-15-12-11-13-16-23/h9,11-13,15-16,20,22,27H,2,8,10,14,17-19H2,1,3-7H3. The molecule has 0 aliphatic carbocycles. The van der Waals surface area contributed by atoms with E-state index in [2.05, 4.69) is 13.5 Å². The minimum Gasteiger partial charge on any atom is -0.496 e. The number of carbonyl (C=O) groups is 2. The van der Waals surface area contributed by atoms with Crippen LogP contribution in [0.1, 0.15) is 80.9 Å². The Balaban J connectivity index is 2.13. The molecule has 1 aliphatic rings. The molecule has 1 fully saturated rings. The van der Waals surface area contributed by atoms with E-state index in [1.165, 1.54) is 0 Å². The van der Waals surface area contributed by atoms with Crippen LogP contribution in [0.3, 0.4) is 0 Å². The number of para-hydroxylation sites is 1. The Morgan fingerprint density at radius 1 is 1.18 bits per heavy atom. The molecule has 1 heterocycles. The van der Waals surface area contributed by atoms with Gasteiger partial charge in [-0.05, 0) is 71.1 Å². The normalized spacial score (nSPS) is 17.2. The van der Waals surface area contributed by atoms with Gasteiger partial charge in [-0.2, -0.15) is 0 Å². The lowest BCUT2D eigenvalue weighted by atomic mass is 9.88. The molecule has 0 radical (unpaired) electrons. The fourth-order valence-electron chi connectivity index (χ4n) is 4.89. The number of hydrogen-bond donors (Lipinski definition) is 0. The molecular weight excluding hydrogens is 482 g/mol. The zero-order chi connectivity index (χ0) is 27.9. The van der Waals surface area contributed by atoms with E-state index in [-0.39, 0.29) is 18.1 Å². The summed E-state index contributed by atoms with van der Waals surface area (Å²) in [5, 5.41) is 0. The Bertz CT molecular complexity index is 1120. The Labute approximate surface area is 226 Å². The van der Waals surface area contributed by atoms with Gasteiger partial charge in [-0.1, -0.05) is 37.6 Å². The first-order chi connectivity index (χ1) is 18.1. The van der Waals surface area contributed by atoms with E-state index in [1.54, 1.807) is 24.1 Å². The molecule has 0 N–H and O–H groups in total. The number of hydrogen-bond acceptors (Lipinski definition) is 6. The van der Waals surface area contributed by atoms with Crippen LogP contribution in [0.25, 0.3) is 0 Å². The van der Waals surface area contributed by atoms with Gasteiger partial charge in [0.25, 0.3) is 0 Å². The van der Waals surface area contributed by atoms with Crippen molar-refractivity contribution in [3.05, 3.63) is 65.7 Å². The van der Waals surface area contributed by atoms with Crippen LogP contribution in [-0.2, 0) is 4.74 Å². The van der Waals surface area contributed by atoms with Crippen LogP contribution >= 0.6 is 0 Å². The van der Waals surface area contributed by atoms with Gasteiger partial charge in [0.15, 0.2) is 0 Å². The van der Waals surface area contributed by atoms with E-state index >= 15 is 0 Å². The van der Waals surface area contributed by atoms with Crippen molar-refractivity contribution in [3.8, 4) is 17.2 Å². The first kappa shape index (κ1) is 29.1. The Morgan fingerprint density at radius 3 is 2.50 bits per heavy atom. The number of likely N-dealkylation sites (tertiary alicyclic amines) is 1. The predicted octanol–water partition coefficient (Wildman–Crippen LogP) is 7.28. The highest BCUT2D eigenvalue weighted by Crippen LogP contribution is 2.47. The number of benzene rings is 2. The molecule has 0 aromatic heterocycles. The molecule has 1 aliphatic heterocycles. The van der Waals surface area contributed by atoms with Crippen LogP contribution in [0.2, 0.25) is 0 Å². The lowest BCUT2D eigenvalue weighted by molar-refractivity contribution is 0.0203. The number of ether oxygens (including phenoxy) is 4. The fourth-order valence-corrected chi connectivity index (χ4v) is 4.89.